The van der Waals surface area contributed by atoms with E-state index in [0.717, 1.165) is 17.1 Å². The molecule has 0 radical (unpaired) electrons. The van der Waals surface area contributed by atoms with E-state index in [0.29, 0.717) is 5.56 Å². The molecule has 0 unspecified atom stereocenters. The molecule has 0 aliphatic carbocycles. The van der Waals surface area contributed by atoms with E-state index in [1.54, 1.807) is 19.2 Å². The third-order valence-electron chi connectivity index (χ3n) is 2.68. The lowest BCUT2D eigenvalue weighted by molar-refractivity contribution is 0.415. The van der Waals surface area contributed by atoms with Crippen LogP contribution in [-0.2, 0) is 0 Å². The third-order valence-corrected chi connectivity index (χ3v) is 2.68. The SMILES string of the molecule is COc1ccc(C#N)c(Nc2ccc(C)cc2)c1. The summed E-state index contributed by atoms with van der Waals surface area (Å²) < 4.78 is 5.16. The topological polar surface area (TPSA) is 45.0 Å². The van der Waals surface area contributed by atoms with Crippen molar-refractivity contribution in [3.05, 3.63) is 53.6 Å². The highest BCUT2D eigenvalue weighted by Gasteiger charge is 2.04. The van der Waals surface area contributed by atoms with Crippen LogP contribution in [0.4, 0.5) is 11.4 Å². The number of aryl methyl sites for hydroxylation is 1. The van der Waals surface area contributed by atoms with Crippen LogP contribution >= 0.6 is 0 Å². The van der Waals surface area contributed by atoms with Crippen molar-refractivity contribution in [2.45, 2.75) is 6.92 Å². The van der Waals surface area contributed by atoms with Gasteiger partial charge in [0, 0.05) is 11.8 Å². The summed E-state index contributed by atoms with van der Waals surface area (Å²) >= 11 is 0. The monoisotopic (exact) mass is 238 g/mol. The molecule has 90 valence electrons. The normalized spacial score (nSPS) is 9.61. The molecule has 0 atom stereocenters. The minimum Gasteiger partial charge on any atom is -0.497 e. The molecule has 0 spiro atoms. The van der Waals surface area contributed by atoms with Crippen LogP contribution in [0.3, 0.4) is 0 Å². The molecule has 1 N–H and O–H groups in total. The minimum absolute atomic E-state index is 0.594. The minimum atomic E-state index is 0.594. The van der Waals surface area contributed by atoms with E-state index in [4.69, 9.17) is 10.00 Å². The van der Waals surface area contributed by atoms with Gasteiger partial charge in [-0.3, -0.25) is 0 Å². The molecule has 18 heavy (non-hydrogen) atoms. The number of nitrogens with zero attached hydrogens (tertiary/aromatic N) is 1. The average Bonchev–Trinajstić information content (AvgIpc) is 2.41. The molecule has 0 aliphatic rings. The summed E-state index contributed by atoms with van der Waals surface area (Å²) in [5, 5.41) is 12.3. The lowest BCUT2D eigenvalue weighted by Crippen LogP contribution is -1.95. The Morgan fingerprint density at radius 2 is 1.83 bits per heavy atom. The van der Waals surface area contributed by atoms with Gasteiger partial charge in [0.2, 0.25) is 0 Å². The molecule has 0 saturated carbocycles. The zero-order valence-corrected chi connectivity index (χ0v) is 10.4. The smallest absolute Gasteiger partial charge is 0.121 e. The first-order valence-electron chi connectivity index (χ1n) is 5.65. The van der Waals surface area contributed by atoms with Crippen LogP contribution in [0.5, 0.6) is 5.75 Å². The van der Waals surface area contributed by atoms with Gasteiger partial charge < -0.3 is 10.1 Å². The van der Waals surface area contributed by atoms with Gasteiger partial charge in [-0.25, -0.2) is 0 Å². The lowest BCUT2D eigenvalue weighted by Gasteiger charge is -2.10. The molecule has 2 rings (SSSR count). The van der Waals surface area contributed by atoms with E-state index < -0.39 is 0 Å². The number of nitriles is 1. The van der Waals surface area contributed by atoms with Crippen LogP contribution in [0.15, 0.2) is 42.5 Å². The Kier molecular flexibility index (Phi) is 3.49. The first-order chi connectivity index (χ1) is 8.72. The Morgan fingerprint density at radius 1 is 1.11 bits per heavy atom. The number of anilines is 2. The van der Waals surface area contributed by atoms with Gasteiger partial charge in [0.1, 0.15) is 11.8 Å². The Labute approximate surface area is 107 Å². The summed E-state index contributed by atoms with van der Waals surface area (Å²) in [5.74, 6) is 0.726. The van der Waals surface area contributed by atoms with Crippen LogP contribution in [0.2, 0.25) is 0 Å². The van der Waals surface area contributed by atoms with Crippen molar-refractivity contribution >= 4 is 11.4 Å². The van der Waals surface area contributed by atoms with E-state index in [1.807, 2.05) is 37.3 Å². The quantitative estimate of drug-likeness (QED) is 0.888. The number of benzene rings is 2. The molecule has 0 saturated heterocycles. The van der Waals surface area contributed by atoms with E-state index in [2.05, 4.69) is 11.4 Å². The molecule has 2 aromatic carbocycles. The highest BCUT2D eigenvalue weighted by molar-refractivity contribution is 5.68. The lowest BCUT2D eigenvalue weighted by atomic mass is 10.1. The maximum Gasteiger partial charge on any atom is 0.121 e. The molecule has 0 bridgehead atoms. The van der Waals surface area contributed by atoms with Crippen LogP contribution in [-0.4, -0.2) is 7.11 Å². The van der Waals surface area contributed by atoms with E-state index in [-0.39, 0.29) is 0 Å². The van der Waals surface area contributed by atoms with Gasteiger partial charge in [0.15, 0.2) is 0 Å². The number of ether oxygens (including phenoxy) is 1. The maximum atomic E-state index is 9.07. The van der Waals surface area contributed by atoms with Crippen molar-refractivity contribution < 1.29 is 4.74 Å². The van der Waals surface area contributed by atoms with Crippen molar-refractivity contribution in [2.75, 3.05) is 12.4 Å². The summed E-state index contributed by atoms with van der Waals surface area (Å²) in [7, 11) is 1.61. The first-order valence-corrected chi connectivity index (χ1v) is 5.65. The van der Waals surface area contributed by atoms with Crippen LogP contribution in [0.1, 0.15) is 11.1 Å². The molecule has 0 fully saturated rings. The Bertz CT molecular complexity index is 582. The van der Waals surface area contributed by atoms with Gasteiger partial charge in [-0.15, -0.1) is 0 Å². The summed E-state index contributed by atoms with van der Waals surface area (Å²) in [6.07, 6.45) is 0. The molecule has 0 aromatic heterocycles. The van der Waals surface area contributed by atoms with Crippen molar-refractivity contribution in [1.29, 1.82) is 5.26 Å². The Hall–Kier alpha value is -2.47. The van der Waals surface area contributed by atoms with Crippen molar-refractivity contribution in [1.82, 2.24) is 0 Å². The number of hydrogen-bond acceptors (Lipinski definition) is 3. The van der Waals surface area contributed by atoms with Gasteiger partial charge in [-0.1, -0.05) is 17.7 Å². The summed E-state index contributed by atoms with van der Waals surface area (Å²) in [6, 6.07) is 15.5. The van der Waals surface area contributed by atoms with Crippen molar-refractivity contribution in [3.63, 3.8) is 0 Å². The predicted octanol–water partition coefficient (Wildman–Crippen LogP) is 3.62. The van der Waals surface area contributed by atoms with Gasteiger partial charge in [0.05, 0.1) is 18.4 Å². The van der Waals surface area contributed by atoms with Gasteiger partial charge in [0.25, 0.3) is 0 Å². The van der Waals surface area contributed by atoms with Gasteiger partial charge >= 0.3 is 0 Å². The fraction of sp³-hybridized carbons (Fsp3) is 0.133. The Morgan fingerprint density at radius 3 is 2.44 bits per heavy atom. The standard InChI is InChI=1S/C15H14N2O/c1-11-3-6-13(7-4-11)17-15-9-14(18-2)8-5-12(15)10-16/h3-9,17H,1-2H3. The highest BCUT2D eigenvalue weighted by atomic mass is 16.5. The zero-order chi connectivity index (χ0) is 13.0. The second-order valence-electron chi connectivity index (χ2n) is 4.01. The third kappa shape index (κ3) is 2.61. The first kappa shape index (κ1) is 12.0. The van der Waals surface area contributed by atoms with Crippen LogP contribution in [0.25, 0.3) is 0 Å². The Balaban J connectivity index is 2.32. The number of hydrogen-bond donors (Lipinski definition) is 1. The highest BCUT2D eigenvalue weighted by Crippen LogP contribution is 2.25. The molecule has 0 amide bonds. The van der Waals surface area contributed by atoms with E-state index in [9.17, 15) is 0 Å². The van der Waals surface area contributed by atoms with Gasteiger partial charge in [-0.05, 0) is 31.2 Å². The van der Waals surface area contributed by atoms with Crippen molar-refractivity contribution in [2.24, 2.45) is 0 Å². The largest absolute Gasteiger partial charge is 0.497 e. The van der Waals surface area contributed by atoms with Crippen molar-refractivity contribution in [3.8, 4) is 11.8 Å². The van der Waals surface area contributed by atoms with Crippen LogP contribution < -0.4 is 10.1 Å². The number of rotatable bonds is 3. The molecule has 3 heteroatoms. The van der Waals surface area contributed by atoms with E-state index in [1.165, 1.54) is 5.56 Å². The summed E-state index contributed by atoms with van der Waals surface area (Å²) in [4.78, 5) is 0. The summed E-state index contributed by atoms with van der Waals surface area (Å²) in [5.41, 5.74) is 3.49. The predicted molar refractivity (Wildman–Crippen MR) is 72.2 cm³/mol. The molecule has 2 aromatic rings. The van der Waals surface area contributed by atoms with Gasteiger partial charge in [-0.2, -0.15) is 5.26 Å². The molecule has 3 nitrogen and oxygen atoms in total. The maximum absolute atomic E-state index is 9.07. The molecule has 0 heterocycles. The zero-order valence-electron chi connectivity index (χ0n) is 10.4. The van der Waals surface area contributed by atoms with E-state index >= 15 is 0 Å². The molecular weight excluding hydrogens is 224 g/mol. The molecular formula is C15H14N2O. The fourth-order valence-electron chi connectivity index (χ4n) is 1.64. The van der Waals surface area contributed by atoms with Crippen LogP contribution in [0, 0.1) is 18.3 Å². The number of methoxy groups -OCH3 is 1. The summed E-state index contributed by atoms with van der Waals surface area (Å²) in [6.45, 7) is 2.04. The molecule has 0 aliphatic heterocycles. The fourth-order valence-corrected chi connectivity index (χ4v) is 1.64. The second-order valence-corrected chi connectivity index (χ2v) is 4.01. The second kappa shape index (κ2) is 5.24. The number of nitrogens with one attached hydrogen (secondary N) is 1. The average molecular weight is 238 g/mol.